The van der Waals surface area contributed by atoms with Crippen LogP contribution in [0.4, 0.5) is 0 Å². The van der Waals surface area contributed by atoms with Crippen LogP contribution in [0.3, 0.4) is 0 Å². The summed E-state index contributed by atoms with van der Waals surface area (Å²) in [6, 6.07) is 4.11. The molecule has 2 aromatic rings. The van der Waals surface area contributed by atoms with E-state index in [9.17, 15) is 5.11 Å². The van der Waals surface area contributed by atoms with Crippen LogP contribution in [0.2, 0.25) is 0 Å². The van der Waals surface area contributed by atoms with Crippen molar-refractivity contribution in [1.82, 2.24) is 0 Å². The molecule has 20 heavy (non-hydrogen) atoms. The standard InChI is InChI=1S/C16H19BrO2S/c1-5-11-6-7-20-16(11)14(18)13-10(3)12(17)8-9(2)15(13)19-4/h6-8,14,18H,5H2,1-4H3. The van der Waals surface area contributed by atoms with Crippen molar-refractivity contribution in [3.8, 4) is 5.75 Å². The van der Waals surface area contributed by atoms with Crippen LogP contribution in [0.1, 0.15) is 40.2 Å². The molecule has 1 aromatic heterocycles. The molecule has 0 aliphatic heterocycles. The van der Waals surface area contributed by atoms with Gasteiger partial charge in [0, 0.05) is 14.9 Å². The number of benzene rings is 1. The number of halogens is 1. The van der Waals surface area contributed by atoms with Gasteiger partial charge in [-0.2, -0.15) is 0 Å². The van der Waals surface area contributed by atoms with Crippen LogP contribution in [-0.2, 0) is 6.42 Å². The number of rotatable bonds is 4. The first-order chi connectivity index (χ1) is 9.51. The molecule has 1 unspecified atom stereocenters. The van der Waals surface area contributed by atoms with Crippen LogP contribution < -0.4 is 4.74 Å². The topological polar surface area (TPSA) is 29.5 Å². The Morgan fingerprint density at radius 2 is 2.10 bits per heavy atom. The summed E-state index contributed by atoms with van der Waals surface area (Å²) in [5.74, 6) is 0.772. The second-order valence-electron chi connectivity index (χ2n) is 4.81. The quantitative estimate of drug-likeness (QED) is 0.855. The summed E-state index contributed by atoms with van der Waals surface area (Å²) in [6.07, 6.45) is 0.278. The van der Waals surface area contributed by atoms with E-state index in [1.807, 2.05) is 25.3 Å². The van der Waals surface area contributed by atoms with Crippen molar-refractivity contribution in [3.05, 3.63) is 49.1 Å². The van der Waals surface area contributed by atoms with E-state index in [-0.39, 0.29) is 0 Å². The van der Waals surface area contributed by atoms with E-state index in [0.717, 1.165) is 38.2 Å². The number of aliphatic hydroxyl groups excluding tert-OH is 1. The predicted molar refractivity (Wildman–Crippen MR) is 87.9 cm³/mol. The lowest BCUT2D eigenvalue weighted by atomic mass is 9.96. The largest absolute Gasteiger partial charge is 0.496 e. The zero-order valence-corrected chi connectivity index (χ0v) is 14.6. The fourth-order valence-corrected chi connectivity index (χ4v) is 4.03. The molecule has 108 valence electrons. The van der Waals surface area contributed by atoms with Gasteiger partial charge in [0.1, 0.15) is 11.9 Å². The van der Waals surface area contributed by atoms with Gasteiger partial charge in [-0.15, -0.1) is 11.3 Å². The van der Waals surface area contributed by atoms with Gasteiger partial charge in [-0.25, -0.2) is 0 Å². The molecular weight excluding hydrogens is 336 g/mol. The van der Waals surface area contributed by atoms with E-state index in [1.165, 1.54) is 5.56 Å². The van der Waals surface area contributed by atoms with Gasteiger partial charge >= 0.3 is 0 Å². The summed E-state index contributed by atoms with van der Waals surface area (Å²) < 4.78 is 6.53. The first kappa shape index (κ1) is 15.5. The molecule has 1 N–H and O–H groups in total. The molecule has 1 aromatic carbocycles. The Morgan fingerprint density at radius 1 is 1.40 bits per heavy atom. The van der Waals surface area contributed by atoms with Crippen molar-refractivity contribution in [1.29, 1.82) is 0 Å². The van der Waals surface area contributed by atoms with E-state index in [0.29, 0.717) is 0 Å². The molecule has 0 aliphatic carbocycles. The van der Waals surface area contributed by atoms with Crippen LogP contribution in [0.25, 0.3) is 0 Å². The highest BCUT2D eigenvalue weighted by molar-refractivity contribution is 9.10. The second kappa shape index (κ2) is 6.29. The number of aryl methyl sites for hydroxylation is 2. The van der Waals surface area contributed by atoms with Crippen molar-refractivity contribution < 1.29 is 9.84 Å². The lowest BCUT2D eigenvalue weighted by Crippen LogP contribution is -2.07. The minimum absolute atomic E-state index is 0.643. The third-order valence-electron chi connectivity index (χ3n) is 3.60. The lowest BCUT2D eigenvalue weighted by molar-refractivity contribution is 0.216. The fourth-order valence-electron chi connectivity index (χ4n) is 2.49. The second-order valence-corrected chi connectivity index (χ2v) is 6.62. The number of thiophene rings is 1. The highest BCUT2D eigenvalue weighted by Crippen LogP contribution is 2.41. The smallest absolute Gasteiger partial charge is 0.128 e. The Bertz CT molecular complexity index is 619. The molecule has 1 atom stereocenters. The van der Waals surface area contributed by atoms with E-state index < -0.39 is 6.10 Å². The number of hydrogen-bond acceptors (Lipinski definition) is 3. The van der Waals surface area contributed by atoms with Crippen LogP contribution in [0.15, 0.2) is 22.0 Å². The number of methoxy groups -OCH3 is 1. The van der Waals surface area contributed by atoms with Gasteiger partial charge in [0.05, 0.1) is 7.11 Å². The van der Waals surface area contributed by atoms with Crippen LogP contribution >= 0.6 is 27.3 Å². The number of aliphatic hydroxyl groups is 1. The average Bonchev–Trinajstić information content (AvgIpc) is 2.90. The molecule has 0 radical (unpaired) electrons. The Labute approximate surface area is 132 Å². The van der Waals surface area contributed by atoms with Gasteiger partial charge in [-0.3, -0.25) is 0 Å². The van der Waals surface area contributed by atoms with Crippen LogP contribution in [0, 0.1) is 13.8 Å². The fraction of sp³-hybridized carbons (Fsp3) is 0.375. The van der Waals surface area contributed by atoms with Gasteiger partial charge in [-0.1, -0.05) is 22.9 Å². The molecule has 0 spiro atoms. The highest BCUT2D eigenvalue weighted by Gasteiger charge is 2.24. The normalized spacial score (nSPS) is 12.5. The maximum absolute atomic E-state index is 10.8. The van der Waals surface area contributed by atoms with E-state index >= 15 is 0 Å². The summed E-state index contributed by atoms with van der Waals surface area (Å²) in [6.45, 7) is 6.10. The molecule has 2 rings (SSSR count). The molecule has 0 amide bonds. The van der Waals surface area contributed by atoms with Crippen molar-refractivity contribution in [3.63, 3.8) is 0 Å². The van der Waals surface area contributed by atoms with Gasteiger partial charge in [0.2, 0.25) is 0 Å². The molecule has 0 aliphatic rings. The summed E-state index contributed by atoms with van der Waals surface area (Å²) in [4.78, 5) is 1.01. The Hall–Kier alpha value is -0.840. The Kier molecular flexibility index (Phi) is 4.89. The van der Waals surface area contributed by atoms with Crippen molar-refractivity contribution in [2.24, 2.45) is 0 Å². The minimum atomic E-state index is -0.643. The van der Waals surface area contributed by atoms with E-state index in [1.54, 1.807) is 18.4 Å². The van der Waals surface area contributed by atoms with Gasteiger partial charge < -0.3 is 9.84 Å². The van der Waals surface area contributed by atoms with Crippen molar-refractivity contribution >= 4 is 27.3 Å². The van der Waals surface area contributed by atoms with E-state index in [4.69, 9.17) is 4.74 Å². The predicted octanol–water partition coefficient (Wildman–Crippen LogP) is 4.78. The maximum Gasteiger partial charge on any atom is 0.128 e. The number of hydrogen-bond donors (Lipinski definition) is 1. The van der Waals surface area contributed by atoms with Crippen molar-refractivity contribution in [2.45, 2.75) is 33.3 Å². The maximum atomic E-state index is 10.8. The number of ether oxygens (including phenoxy) is 1. The lowest BCUT2D eigenvalue weighted by Gasteiger charge is -2.20. The summed E-state index contributed by atoms with van der Waals surface area (Å²) in [5, 5.41) is 12.9. The molecule has 4 heteroatoms. The zero-order valence-electron chi connectivity index (χ0n) is 12.2. The summed E-state index contributed by atoms with van der Waals surface area (Å²) >= 11 is 5.16. The van der Waals surface area contributed by atoms with Gasteiger partial charge in [-0.05, 0) is 54.5 Å². The first-order valence-corrected chi connectivity index (χ1v) is 8.26. The molecule has 1 heterocycles. The summed E-state index contributed by atoms with van der Waals surface area (Å²) in [5.41, 5.74) is 4.10. The Morgan fingerprint density at radius 3 is 2.70 bits per heavy atom. The van der Waals surface area contributed by atoms with Gasteiger partial charge in [0.25, 0.3) is 0 Å². The van der Waals surface area contributed by atoms with E-state index in [2.05, 4.69) is 28.9 Å². The zero-order chi connectivity index (χ0) is 14.9. The summed E-state index contributed by atoms with van der Waals surface area (Å²) in [7, 11) is 1.65. The van der Waals surface area contributed by atoms with Gasteiger partial charge in [0.15, 0.2) is 0 Å². The first-order valence-electron chi connectivity index (χ1n) is 6.59. The van der Waals surface area contributed by atoms with Crippen LogP contribution in [-0.4, -0.2) is 12.2 Å². The van der Waals surface area contributed by atoms with Crippen molar-refractivity contribution in [2.75, 3.05) is 7.11 Å². The average molecular weight is 355 g/mol. The third kappa shape index (κ3) is 2.65. The highest BCUT2D eigenvalue weighted by atomic mass is 79.9. The Balaban J connectivity index is 2.62. The minimum Gasteiger partial charge on any atom is -0.496 e. The monoisotopic (exact) mass is 354 g/mol. The molecule has 0 bridgehead atoms. The molecule has 0 saturated heterocycles. The van der Waals surface area contributed by atoms with Crippen LogP contribution in [0.5, 0.6) is 5.75 Å². The molecule has 2 nitrogen and oxygen atoms in total. The third-order valence-corrected chi connectivity index (χ3v) is 5.43. The molecule has 0 fully saturated rings. The molecular formula is C16H19BrO2S. The SMILES string of the molecule is CCc1ccsc1C(O)c1c(C)c(Br)cc(C)c1OC. The molecule has 0 saturated carbocycles.